The van der Waals surface area contributed by atoms with Crippen LogP contribution in [0.5, 0.6) is 0 Å². The fourth-order valence-corrected chi connectivity index (χ4v) is 3.85. The summed E-state index contributed by atoms with van der Waals surface area (Å²) in [5.41, 5.74) is -0.779. The number of rotatable bonds is 3. The minimum absolute atomic E-state index is 0.0121. The first-order chi connectivity index (χ1) is 17.6. The quantitative estimate of drug-likeness (QED) is 0.366. The molecule has 0 amide bonds. The van der Waals surface area contributed by atoms with Crippen LogP contribution in [0.15, 0.2) is 53.7 Å². The van der Waals surface area contributed by atoms with E-state index in [1.165, 1.54) is 23.2 Å². The van der Waals surface area contributed by atoms with Crippen molar-refractivity contribution in [1.29, 1.82) is 5.26 Å². The molecule has 5 aromatic rings. The van der Waals surface area contributed by atoms with Crippen molar-refractivity contribution < 1.29 is 18.3 Å². The van der Waals surface area contributed by atoms with Crippen molar-refractivity contribution >= 4 is 28.3 Å². The molecule has 0 spiro atoms. The van der Waals surface area contributed by atoms with Crippen molar-refractivity contribution in [2.45, 2.75) is 32.9 Å². The molecule has 0 saturated heterocycles. The standard InChI is InChI=1S/C25H19F2N7O3/c1-25(2,3)37-24(36)34-20-11-29-22(33-13-30-18-8-7-14(10-28)9-19(18)33)31-21(20)32(23(34)35)12-15-16(26)5-4-6-17(15)27/h4-9,11,13H,12H2,1-3H3. The Morgan fingerprint density at radius 1 is 1.11 bits per heavy atom. The molecular weight excluding hydrogens is 484 g/mol. The lowest BCUT2D eigenvalue weighted by Gasteiger charge is -2.19. The molecule has 0 aliphatic rings. The Morgan fingerprint density at radius 3 is 2.51 bits per heavy atom. The molecule has 0 bridgehead atoms. The molecule has 0 radical (unpaired) electrons. The van der Waals surface area contributed by atoms with Gasteiger partial charge in [0.15, 0.2) is 5.65 Å². The van der Waals surface area contributed by atoms with Crippen LogP contribution in [0, 0.1) is 23.0 Å². The molecule has 3 aromatic heterocycles. The molecule has 10 nitrogen and oxygen atoms in total. The van der Waals surface area contributed by atoms with Crippen LogP contribution in [0.4, 0.5) is 13.6 Å². The number of nitrogens with zero attached hydrogens (tertiary/aromatic N) is 7. The fraction of sp³-hybridized carbons (Fsp3) is 0.200. The van der Waals surface area contributed by atoms with E-state index < -0.39 is 35.6 Å². The molecule has 3 heterocycles. The molecule has 0 fully saturated rings. The van der Waals surface area contributed by atoms with Gasteiger partial charge in [-0.1, -0.05) is 6.07 Å². The Hall–Kier alpha value is -4.92. The van der Waals surface area contributed by atoms with Gasteiger partial charge in [0.25, 0.3) is 0 Å². The number of hydrogen-bond acceptors (Lipinski definition) is 7. The van der Waals surface area contributed by atoms with Crippen molar-refractivity contribution in [2.75, 3.05) is 0 Å². The second-order valence-electron chi connectivity index (χ2n) is 9.19. The van der Waals surface area contributed by atoms with E-state index in [4.69, 9.17) is 4.74 Å². The Kier molecular flexibility index (Phi) is 5.55. The lowest BCUT2D eigenvalue weighted by molar-refractivity contribution is 0.0537. The summed E-state index contributed by atoms with van der Waals surface area (Å²) in [6, 6.07) is 10.3. The van der Waals surface area contributed by atoms with Gasteiger partial charge in [-0.25, -0.2) is 28.3 Å². The second-order valence-corrected chi connectivity index (χ2v) is 9.19. The molecule has 0 unspecified atom stereocenters. The summed E-state index contributed by atoms with van der Waals surface area (Å²) in [6.45, 7) is 4.37. The van der Waals surface area contributed by atoms with Gasteiger partial charge in [-0.15, -0.1) is 0 Å². The van der Waals surface area contributed by atoms with Crippen LogP contribution in [0.2, 0.25) is 0 Å². The van der Waals surface area contributed by atoms with Gasteiger partial charge in [-0.05, 0) is 51.1 Å². The van der Waals surface area contributed by atoms with Gasteiger partial charge in [-0.2, -0.15) is 14.8 Å². The minimum atomic E-state index is -0.988. The number of ether oxygens (including phenoxy) is 1. The molecule has 0 aliphatic carbocycles. The van der Waals surface area contributed by atoms with Gasteiger partial charge in [0.1, 0.15) is 29.1 Å². The Labute approximate surface area is 208 Å². The summed E-state index contributed by atoms with van der Waals surface area (Å²) >= 11 is 0. The van der Waals surface area contributed by atoms with Crippen molar-refractivity contribution in [2.24, 2.45) is 0 Å². The summed E-state index contributed by atoms with van der Waals surface area (Å²) in [7, 11) is 0. The van der Waals surface area contributed by atoms with Crippen LogP contribution in [-0.4, -0.2) is 40.3 Å². The number of aromatic nitrogens is 6. The van der Waals surface area contributed by atoms with Gasteiger partial charge in [0.05, 0.1) is 35.4 Å². The molecule has 0 N–H and O–H groups in total. The lowest BCUT2D eigenvalue weighted by atomic mass is 10.2. The smallest absolute Gasteiger partial charge is 0.423 e. The maximum atomic E-state index is 14.5. The van der Waals surface area contributed by atoms with Crippen LogP contribution in [0.3, 0.4) is 0 Å². The van der Waals surface area contributed by atoms with E-state index in [1.807, 2.05) is 0 Å². The molecule has 0 atom stereocenters. The monoisotopic (exact) mass is 503 g/mol. The van der Waals surface area contributed by atoms with Crippen molar-refractivity contribution in [1.82, 2.24) is 28.7 Å². The highest BCUT2D eigenvalue weighted by Gasteiger charge is 2.26. The summed E-state index contributed by atoms with van der Waals surface area (Å²) < 4.78 is 37.5. The number of fused-ring (bicyclic) bond motifs is 2. The third kappa shape index (κ3) is 4.20. The average Bonchev–Trinajstić information content (AvgIpc) is 3.38. The van der Waals surface area contributed by atoms with E-state index in [2.05, 4.69) is 21.0 Å². The Bertz CT molecular complexity index is 1790. The summed E-state index contributed by atoms with van der Waals surface area (Å²) in [6.07, 6.45) is 1.70. The van der Waals surface area contributed by atoms with Gasteiger partial charge in [-0.3, -0.25) is 9.13 Å². The highest BCUT2D eigenvalue weighted by atomic mass is 19.1. The zero-order valence-corrected chi connectivity index (χ0v) is 19.9. The molecule has 12 heteroatoms. The Balaban J connectivity index is 1.75. The van der Waals surface area contributed by atoms with Crippen LogP contribution >= 0.6 is 0 Å². The lowest BCUT2D eigenvalue weighted by Crippen LogP contribution is -2.34. The van der Waals surface area contributed by atoms with Crippen LogP contribution in [-0.2, 0) is 11.3 Å². The van der Waals surface area contributed by atoms with Crippen molar-refractivity contribution in [3.8, 4) is 12.0 Å². The largest absolute Gasteiger partial charge is 0.443 e. The van der Waals surface area contributed by atoms with Gasteiger partial charge < -0.3 is 4.74 Å². The van der Waals surface area contributed by atoms with Gasteiger partial charge >= 0.3 is 11.8 Å². The Morgan fingerprint density at radius 2 is 1.84 bits per heavy atom. The summed E-state index contributed by atoms with van der Waals surface area (Å²) in [5.74, 6) is -1.65. The number of halogens is 2. The average molecular weight is 503 g/mol. The topological polar surface area (TPSA) is 121 Å². The third-order valence-corrected chi connectivity index (χ3v) is 5.50. The number of hydrogen-bond donors (Lipinski definition) is 0. The predicted octanol–water partition coefficient (Wildman–Crippen LogP) is 3.91. The van der Waals surface area contributed by atoms with E-state index in [0.717, 1.165) is 21.3 Å². The maximum Gasteiger partial charge on any atom is 0.423 e. The van der Waals surface area contributed by atoms with E-state index in [1.54, 1.807) is 39.0 Å². The minimum Gasteiger partial charge on any atom is -0.443 e. The number of carbonyl (C=O) groups excluding carboxylic acids is 1. The van der Waals surface area contributed by atoms with Crippen LogP contribution in [0.25, 0.3) is 28.1 Å². The van der Waals surface area contributed by atoms with Crippen LogP contribution in [0.1, 0.15) is 31.9 Å². The summed E-state index contributed by atoms with van der Waals surface area (Å²) in [4.78, 5) is 39.4. The van der Waals surface area contributed by atoms with E-state index in [0.29, 0.717) is 16.6 Å². The highest BCUT2D eigenvalue weighted by molar-refractivity contribution is 5.85. The fourth-order valence-electron chi connectivity index (χ4n) is 3.85. The summed E-state index contributed by atoms with van der Waals surface area (Å²) in [5, 5.41) is 9.27. The van der Waals surface area contributed by atoms with Gasteiger partial charge in [0.2, 0.25) is 5.95 Å². The number of carbonyl (C=O) groups is 1. The molecule has 0 saturated carbocycles. The molecule has 2 aromatic carbocycles. The first kappa shape index (κ1) is 23.8. The zero-order chi connectivity index (χ0) is 26.5. The zero-order valence-electron chi connectivity index (χ0n) is 19.9. The third-order valence-electron chi connectivity index (χ3n) is 5.50. The van der Waals surface area contributed by atoms with E-state index >= 15 is 0 Å². The van der Waals surface area contributed by atoms with E-state index in [9.17, 15) is 23.6 Å². The molecule has 37 heavy (non-hydrogen) atoms. The number of nitriles is 1. The highest BCUT2D eigenvalue weighted by Crippen LogP contribution is 2.21. The van der Waals surface area contributed by atoms with Gasteiger partial charge in [0, 0.05) is 5.56 Å². The number of benzene rings is 2. The molecule has 5 rings (SSSR count). The van der Waals surface area contributed by atoms with Crippen molar-refractivity contribution in [3.63, 3.8) is 0 Å². The molecular formula is C25H19F2N7O3. The van der Waals surface area contributed by atoms with Crippen LogP contribution < -0.4 is 5.69 Å². The second kappa shape index (κ2) is 8.63. The number of imidazole rings is 2. The first-order valence-electron chi connectivity index (χ1n) is 11.1. The first-order valence-corrected chi connectivity index (χ1v) is 11.1. The maximum absolute atomic E-state index is 14.5. The molecule has 186 valence electrons. The van der Waals surface area contributed by atoms with Crippen molar-refractivity contribution in [3.05, 3.63) is 82.2 Å². The SMILES string of the molecule is CC(C)(C)OC(=O)n1c(=O)n(Cc2c(F)cccc2F)c2nc(-n3cnc4ccc(C#N)cc43)ncc21. The normalized spacial score (nSPS) is 11.7. The predicted molar refractivity (Wildman–Crippen MR) is 128 cm³/mol. The van der Waals surface area contributed by atoms with E-state index in [-0.39, 0.29) is 22.7 Å². The molecule has 0 aliphatic heterocycles.